The maximum Gasteiger partial charge on any atom is 0.234 e. The van der Waals surface area contributed by atoms with Crippen LogP contribution < -0.4 is 5.32 Å². The number of rotatable bonds is 6. The summed E-state index contributed by atoms with van der Waals surface area (Å²) in [6.45, 7) is 6.77. The van der Waals surface area contributed by atoms with Crippen molar-refractivity contribution in [1.29, 1.82) is 0 Å². The van der Waals surface area contributed by atoms with Crippen LogP contribution in [-0.2, 0) is 11.3 Å². The number of hydrogen-bond acceptors (Lipinski definition) is 5. The molecule has 0 unspecified atom stereocenters. The Morgan fingerprint density at radius 2 is 2.00 bits per heavy atom. The van der Waals surface area contributed by atoms with Crippen molar-refractivity contribution in [2.45, 2.75) is 32.5 Å². The second kappa shape index (κ2) is 8.14. The molecule has 0 aliphatic heterocycles. The van der Waals surface area contributed by atoms with Gasteiger partial charge in [-0.2, -0.15) is 0 Å². The first-order chi connectivity index (χ1) is 12.6. The summed E-state index contributed by atoms with van der Waals surface area (Å²) in [7, 11) is 0. The second-order valence-electron chi connectivity index (χ2n) is 5.85. The molecule has 134 valence electrons. The Kier molecular flexibility index (Phi) is 5.68. The lowest BCUT2D eigenvalue weighted by molar-refractivity contribution is -0.113. The molecule has 0 aliphatic rings. The zero-order valence-electron chi connectivity index (χ0n) is 15.1. The molecule has 0 atom stereocenters. The van der Waals surface area contributed by atoms with Crippen molar-refractivity contribution in [2.75, 3.05) is 11.1 Å². The first-order valence-corrected chi connectivity index (χ1v) is 9.42. The highest BCUT2D eigenvalue weighted by Gasteiger charge is 2.15. The number of pyridine rings is 1. The zero-order valence-corrected chi connectivity index (χ0v) is 15.9. The molecule has 0 radical (unpaired) electrons. The molecule has 0 saturated heterocycles. The Morgan fingerprint density at radius 3 is 2.73 bits per heavy atom. The minimum absolute atomic E-state index is 0.0614. The van der Waals surface area contributed by atoms with Crippen molar-refractivity contribution in [3.63, 3.8) is 0 Å². The number of anilines is 1. The number of thioether (sulfide) groups is 1. The van der Waals surface area contributed by atoms with E-state index in [0.29, 0.717) is 17.5 Å². The van der Waals surface area contributed by atoms with E-state index in [4.69, 9.17) is 0 Å². The van der Waals surface area contributed by atoms with Gasteiger partial charge in [0, 0.05) is 18.4 Å². The predicted molar refractivity (Wildman–Crippen MR) is 104 cm³/mol. The fourth-order valence-electron chi connectivity index (χ4n) is 2.57. The molecule has 2 heterocycles. The van der Waals surface area contributed by atoms with Crippen LogP contribution in [0.5, 0.6) is 0 Å². The van der Waals surface area contributed by atoms with Crippen molar-refractivity contribution >= 4 is 23.4 Å². The fourth-order valence-corrected chi connectivity index (χ4v) is 3.37. The molecule has 1 aromatic carbocycles. The summed E-state index contributed by atoms with van der Waals surface area (Å²) < 4.78 is 1.97. The van der Waals surface area contributed by atoms with Crippen LogP contribution in [0.4, 0.5) is 5.69 Å². The summed E-state index contributed by atoms with van der Waals surface area (Å²) in [5, 5.41) is 12.2. The Hall–Kier alpha value is -2.67. The van der Waals surface area contributed by atoms with Gasteiger partial charge in [0.15, 0.2) is 11.0 Å². The molecular formula is C19H21N5OS. The number of amides is 1. The Labute approximate surface area is 157 Å². The lowest BCUT2D eigenvalue weighted by Crippen LogP contribution is -2.15. The minimum Gasteiger partial charge on any atom is -0.325 e. The number of aromatic nitrogens is 4. The largest absolute Gasteiger partial charge is 0.325 e. The van der Waals surface area contributed by atoms with Gasteiger partial charge in [-0.25, -0.2) is 0 Å². The number of carbonyl (C=O) groups is 1. The van der Waals surface area contributed by atoms with Gasteiger partial charge in [-0.05, 0) is 50.1 Å². The highest BCUT2D eigenvalue weighted by molar-refractivity contribution is 7.99. The first-order valence-electron chi connectivity index (χ1n) is 8.43. The molecule has 0 saturated carbocycles. The van der Waals surface area contributed by atoms with E-state index in [1.807, 2.05) is 61.7 Å². The SMILES string of the molecule is CCn1c(SCC(=O)Nc2cccc(C)c2C)nnc1-c1ccccn1. The molecule has 6 nitrogen and oxygen atoms in total. The number of nitrogens with zero attached hydrogens (tertiary/aromatic N) is 4. The van der Waals surface area contributed by atoms with Gasteiger partial charge >= 0.3 is 0 Å². The fraction of sp³-hybridized carbons (Fsp3) is 0.263. The van der Waals surface area contributed by atoms with Gasteiger partial charge in [-0.15, -0.1) is 10.2 Å². The zero-order chi connectivity index (χ0) is 18.5. The van der Waals surface area contributed by atoms with Gasteiger partial charge in [0.1, 0.15) is 5.69 Å². The second-order valence-corrected chi connectivity index (χ2v) is 6.79. The normalized spacial score (nSPS) is 10.7. The van der Waals surface area contributed by atoms with E-state index in [9.17, 15) is 4.79 Å². The highest BCUT2D eigenvalue weighted by atomic mass is 32.2. The molecule has 3 aromatic rings. The molecule has 26 heavy (non-hydrogen) atoms. The van der Waals surface area contributed by atoms with Crippen LogP contribution in [0.15, 0.2) is 47.8 Å². The highest BCUT2D eigenvalue weighted by Crippen LogP contribution is 2.23. The minimum atomic E-state index is -0.0614. The van der Waals surface area contributed by atoms with Crippen LogP contribution in [0.1, 0.15) is 18.1 Å². The summed E-state index contributed by atoms with van der Waals surface area (Å²) in [4.78, 5) is 16.7. The maximum absolute atomic E-state index is 12.3. The van der Waals surface area contributed by atoms with Gasteiger partial charge in [0.05, 0.1) is 5.75 Å². The Morgan fingerprint density at radius 1 is 1.15 bits per heavy atom. The van der Waals surface area contributed by atoms with Crippen LogP contribution in [0, 0.1) is 13.8 Å². The average Bonchev–Trinajstić information content (AvgIpc) is 3.07. The third-order valence-corrected chi connectivity index (χ3v) is 5.10. The van der Waals surface area contributed by atoms with Gasteiger partial charge in [-0.1, -0.05) is 30.0 Å². The molecule has 1 amide bonds. The first kappa shape index (κ1) is 18.1. The van der Waals surface area contributed by atoms with Crippen LogP contribution in [0.25, 0.3) is 11.5 Å². The van der Waals surface area contributed by atoms with E-state index in [1.165, 1.54) is 11.8 Å². The van der Waals surface area contributed by atoms with Crippen LogP contribution >= 0.6 is 11.8 Å². The molecule has 2 aromatic heterocycles. The molecule has 1 N–H and O–H groups in total. The number of hydrogen-bond donors (Lipinski definition) is 1. The number of benzene rings is 1. The number of nitrogens with one attached hydrogen (secondary N) is 1. The Bertz CT molecular complexity index is 908. The third kappa shape index (κ3) is 3.94. The van der Waals surface area contributed by atoms with Crippen molar-refractivity contribution in [3.05, 3.63) is 53.7 Å². The molecule has 0 aliphatic carbocycles. The lowest BCUT2D eigenvalue weighted by Gasteiger charge is -2.10. The molecule has 0 spiro atoms. The van der Waals surface area contributed by atoms with Crippen molar-refractivity contribution in [3.8, 4) is 11.5 Å². The number of carbonyl (C=O) groups excluding carboxylic acids is 1. The molecule has 7 heteroatoms. The topological polar surface area (TPSA) is 72.7 Å². The predicted octanol–water partition coefficient (Wildman–Crippen LogP) is 3.71. The monoisotopic (exact) mass is 367 g/mol. The summed E-state index contributed by atoms with van der Waals surface area (Å²) in [6.07, 6.45) is 1.73. The van der Waals surface area contributed by atoms with E-state index >= 15 is 0 Å². The summed E-state index contributed by atoms with van der Waals surface area (Å²) in [6, 6.07) is 11.6. The van der Waals surface area contributed by atoms with E-state index in [-0.39, 0.29) is 11.7 Å². The van der Waals surface area contributed by atoms with Gasteiger partial charge in [0.2, 0.25) is 5.91 Å². The van der Waals surface area contributed by atoms with Gasteiger partial charge in [0.25, 0.3) is 0 Å². The smallest absolute Gasteiger partial charge is 0.234 e. The Balaban J connectivity index is 1.69. The van der Waals surface area contributed by atoms with Crippen LogP contribution in [0.2, 0.25) is 0 Å². The standard InChI is InChI=1S/C19H21N5OS/c1-4-24-18(16-9-5-6-11-20-16)22-23-19(24)26-12-17(25)21-15-10-7-8-13(2)14(15)3/h5-11H,4,12H2,1-3H3,(H,21,25). The lowest BCUT2D eigenvalue weighted by atomic mass is 10.1. The van der Waals surface area contributed by atoms with Gasteiger partial charge in [-0.3, -0.25) is 9.78 Å². The summed E-state index contributed by atoms with van der Waals surface area (Å²) >= 11 is 1.37. The molecule has 3 rings (SSSR count). The van der Waals surface area contributed by atoms with E-state index < -0.39 is 0 Å². The number of aryl methyl sites for hydroxylation is 1. The molecule has 0 fully saturated rings. The van der Waals surface area contributed by atoms with Crippen molar-refractivity contribution < 1.29 is 4.79 Å². The summed E-state index contributed by atoms with van der Waals surface area (Å²) in [5.74, 6) is 0.924. The average molecular weight is 367 g/mol. The van der Waals surface area contributed by atoms with Gasteiger partial charge < -0.3 is 9.88 Å². The maximum atomic E-state index is 12.3. The van der Waals surface area contributed by atoms with Crippen molar-refractivity contribution in [1.82, 2.24) is 19.7 Å². The van der Waals surface area contributed by atoms with Crippen LogP contribution in [0.3, 0.4) is 0 Å². The van der Waals surface area contributed by atoms with Crippen molar-refractivity contribution in [2.24, 2.45) is 0 Å². The van der Waals surface area contributed by atoms with E-state index in [0.717, 1.165) is 22.5 Å². The molecule has 0 bridgehead atoms. The quantitative estimate of drug-likeness (QED) is 0.673. The van der Waals surface area contributed by atoms with E-state index in [2.05, 4.69) is 20.5 Å². The third-order valence-electron chi connectivity index (χ3n) is 4.14. The van der Waals surface area contributed by atoms with Crippen LogP contribution in [-0.4, -0.2) is 31.4 Å². The molecular weight excluding hydrogens is 346 g/mol. The van der Waals surface area contributed by atoms with E-state index in [1.54, 1.807) is 6.20 Å². The summed E-state index contributed by atoms with van der Waals surface area (Å²) in [5.41, 5.74) is 3.86.